The second-order valence-electron chi connectivity index (χ2n) is 7.76. The summed E-state index contributed by atoms with van der Waals surface area (Å²) in [5.41, 5.74) is 1.67. The molecular weight excluding hydrogens is 427 g/mol. The van der Waals surface area contributed by atoms with E-state index in [1.54, 1.807) is 35.4 Å². The highest BCUT2D eigenvalue weighted by molar-refractivity contribution is 6.24. The second-order valence-corrected chi connectivity index (χ2v) is 7.76. The SMILES string of the molecule is COc1ccc(N2C(=O)[C@@H]3[C@@H](ON(c4ccccc4)[C@H]3c3ccc(F)cc3)C2=O)c(OC)c1. The van der Waals surface area contributed by atoms with Crippen molar-refractivity contribution in [3.8, 4) is 11.5 Å². The van der Waals surface area contributed by atoms with Crippen molar-refractivity contribution in [1.29, 1.82) is 0 Å². The topological polar surface area (TPSA) is 68.3 Å². The van der Waals surface area contributed by atoms with E-state index in [-0.39, 0.29) is 5.82 Å². The van der Waals surface area contributed by atoms with Gasteiger partial charge in [0.2, 0.25) is 5.91 Å². The van der Waals surface area contributed by atoms with Crippen molar-refractivity contribution in [3.63, 3.8) is 0 Å². The van der Waals surface area contributed by atoms with Crippen molar-refractivity contribution < 1.29 is 28.3 Å². The van der Waals surface area contributed by atoms with E-state index >= 15 is 0 Å². The molecule has 0 aromatic heterocycles. The third kappa shape index (κ3) is 3.39. The van der Waals surface area contributed by atoms with E-state index in [0.717, 1.165) is 4.90 Å². The fraction of sp³-hybridized carbons (Fsp3) is 0.200. The number of halogens is 1. The number of nitrogens with zero attached hydrogens (tertiary/aromatic N) is 2. The average Bonchev–Trinajstić information content (AvgIpc) is 3.35. The molecule has 168 valence electrons. The van der Waals surface area contributed by atoms with Crippen LogP contribution in [0.25, 0.3) is 0 Å². The number of carbonyl (C=O) groups is 2. The van der Waals surface area contributed by atoms with Crippen LogP contribution in [0.4, 0.5) is 15.8 Å². The van der Waals surface area contributed by atoms with Crippen LogP contribution >= 0.6 is 0 Å². The first-order chi connectivity index (χ1) is 16.0. The minimum Gasteiger partial charge on any atom is -0.497 e. The average molecular weight is 448 g/mol. The minimum absolute atomic E-state index is 0.315. The number of benzene rings is 3. The Morgan fingerprint density at radius 2 is 1.61 bits per heavy atom. The second kappa shape index (κ2) is 8.22. The summed E-state index contributed by atoms with van der Waals surface area (Å²) < 4.78 is 24.3. The van der Waals surface area contributed by atoms with Gasteiger partial charge < -0.3 is 9.47 Å². The molecule has 2 aliphatic heterocycles. The number of para-hydroxylation sites is 1. The molecule has 2 amide bonds. The van der Waals surface area contributed by atoms with Crippen LogP contribution in [-0.4, -0.2) is 32.1 Å². The Bertz CT molecular complexity index is 1200. The zero-order chi connectivity index (χ0) is 23.1. The highest BCUT2D eigenvalue weighted by Gasteiger charge is 2.60. The lowest BCUT2D eigenvalue weighted by Crippen LogP contribution is -2.37. The lowest BCUT2D eigenvalue weighted by Gasteiger charge is -2.29. The lowest BCUT2D eigenvalue weighted by atomic mass is 9.90. The molecule has 0 bridgehead atoms. The van der Waals surface area contributed by atoms with Gasteiger partial charge in [-0.2, -0.15) is 0 Å². The predicted octanol–water partition coefficient (Wildman–Crippen LogP) is 3.89. The summed E-state index contributed by atoms with van der Waals surface area (Å²) in [6.07, 6.45) is -1.03. The highest BCUT2D eigenvalue weighted by Crippen LogP contribution is 2.48. The van der Waals surface area contributed by atoms with Crippen LogP contribution in [0.3, 0.4) is 0 Å². The molecule has 33 heavy (non-hydrogen) atoms. The van der Waals surface area contributed by atoms with Crippen molar-refractivity contribution >= 4 is 23.2 Å². The molecule has 7 nitrogen and oxygen atoms in total. The summed E-state index contributed by atoms with van der Waals surface area (Å²) in [4.78, 5) is 34.3. The van der Waals surface area contributed by atoms with Gasteiger partial charge >= 0.3 is 0 Å². The largest absolute Gasteiger partial charge is 0.497 e. The first-order valence-electron chi connectivity index (χ1n) is 10.4. The molecule has 2 aliphatic rings. The number of hydrogen-bond donors (Lipinski definition) is 0. The Labute approximate surface area is 189 Å². The van der Waals surface area contributed by atoms with Crippen molar-refractivity contribution in [2.45, 2.75) is 12.1 Å². The van der Waals surface area contributed by atoms with Crippen LogP contribution in [0.1, 0.15) is 11.6 Å². The van der Waals surface area contributed by atoms with Gasteiger partial charge in [-0.3, -0.25) is 14.4 Å². The number of amides is 2. The number of rotatable bonds is 5. The molecule has 3 atom stereocenters. The van der Waals surface area contributed by atoms with Gasteiger partial charge in [0.15, 0.2) is 6.10 Å². The molecule has 0 saturated carbocycles. The number of carbonyl (C=O) groups excluding carboxylic acids is 2. The summed E-state index contributed by atoms with van der Waals surface area (Å²) in [5.74, 6) is -1.26. The molecule has 0 radical (unpaired) electrons. The molecule has 0 N–H and O–H groups in total. The Balaban J connectivity index is 1.58. The molecule has 0 unspecified atom stereocenters. The Hall–Kier alpha value is -3.91. The van der Waals surface area contributed by atoms with Crippen LogP contribution in [0.2, 0.25) is 0 Å². The van der Waals surface area contributed by atoms with Gasteiger partial charge in [0, 0.05) is 6.07 Å². The van der Waals surface area contributed by atoms with Crippen molar-refractivity contribution in [1.82, 2.24) is 0 Å². The molecule has 5 rings (SSSR count). The molecule has 2 saturated heterocycles. The number of hydrogen-bond acceptors (Lipinski definition) is 6. The molecule has 3 aromatic rings. The maximum absolute atomic E-state index is 13.7. The monoisotopic (exact) mass is 448 g/mol. The zero-order valence-electron chi connectivity index (χ0n) is 18.0. The van der Waals surface area contributed by atoms with E-state index in [9.17, 15) is 14.0 Å². The fourth-order valence-electron chi connectivity index (χ4n) is 4.42. The Morgan fingerprint density at radius 3 is 2.27 bits per heavy atom. The summed E-state index contributed by atoms with van der Waals surface area (Å²) in [6, 6.07) is 19.3. The van der Waals surface area contributed by atoms with E-state index in [4.69, 9.17) is 14.3 Å². The van der Waals surface area contributed by atoms with Crippen molar-refractivity contribution in [2.24, 2.45) is 5.92 Å². The van der Waals surface area contributed by atoms with Crippen LogP contribution in [0, 0.1) is 11.7 Å². The fourth-order valence-corrected chi connectivity index (χ4v) is 4.42. The maximum Gasteiger partial charge on any atom is 0.266 e. The summed E-state index contributed by atoms with van der Waals surface area (Å²) in [6.45, 7) is 0. The third-order valence-corrected chi connectivity index (χ3v) is 5.97. The van der Waals surface area contributed by atoms with Crippen LogP contribution in [0.5, 0.6) is 11.5 Å². The standard InChI is InChI=1S/C25H21FN2O5/c1-31-18-12-13-19(20(14-18)32-2)27-24(29)21-22(15-8-10-16(26)11-9-15)28(33-23(21)25(27)30)17-6-4-3-5-7-17/h3-14,21-23H,1-2H3/t21-,22-,23+/m0/s1. The van der Waals surface area contributed by atoms with Gasteiger partial charge in [-0.15, -0.1) is 0 Å². The number of hydroxylamine groups is 1. The Morgan fingerprint density at radius 1 is 0.879 bits per heavy atom. The normalized spacial score (nSPS) is 22.0. The van der Waals surface area contributed by atoms with Gasteiger partial charge in [0.05, 0.1) is 31.6 Å². The number of anilines is 2. The smallest absolute Gasteiger partial charge is 0.266 e. The van der Waals surface area contributed by atoms with Crippen LogP contribution in [0.15, 0.2) is 72.8 Å². The molecule has 2 heterocycles. The lowest BCUT2D eigenvalue weighted by molar-refractivity contribution is -0.126. The third-order valence-electron chi connectivity index (χ3n) is 5.97. The summed E-state index contributed by atoms with van der Waals surface area (Å²) in [7, 11) is 2.98. The molecule has 2 fully saturated rings. The van der Waals surface area contributed by atoms with E-state index < -0.39 is 29.9 Å². The van der Waals surface area contributed by atoms with E-state index in [1.165, 1.54) is 26.4 Å². The van der Waals surface area contributed by atoms with E-state index in [0.29, 0.717) is 28.4 Å². The molecule has 8 heteroatoms. The van der Waals surface area contributed by atoms with Crippen LogP contribution in [-0.2, 0) is 14.4 Å². The number of fused-ring (bicyclic) bond motifs is 1. The first kappa shape index (κ1) is 21.0. The zero-order valence-corrected chi connectivity index (χ0v) is 18.0. The first-order valence-corrected chi connectivity index (χ1v) is 10.4. The van der Waals surface area contributed by atoms with Gasteiger partial charge in [-0.05, 0) is 42.0 Å². The highest BCUT2D eigenvalue weighted by atomic mass is 19.1. The van der Waals surface area contributed by atoms with Crippen molar-refractivity contribution in [3.05, 3.63) is 84.2 Å². The summed E-state index contributed by atoms with van der Waals surface area (Å²) in [5, 5.41) is 1.57. The van der Waals surface area contributed by atoms with E-state index in [1.807, 2.05) is 30.3 Å². The van der Waals surface area contributed by atoms with Gasteiger partial charge in [-0.25, -0.2) is 14.4 Å². The van der Waals surface area contributed by atoms with Gasteiger partial charge in [0.1, 0.15) is 23.2 Å². The van der Waals surface area contributed by atoms with Crippen LogP contribution < -0.4 is 19.4 Å². The molecule has 0 spiro atoms. The molecular formula is C25H21FN2O5. The molecule has 0 aliphatic carbocycles. The van der Waals surface area contributed by atoms with Crippen molar-refractivity contribution in [2.75, 3.05) is 24.2 Å². The quantitative estimate of drug-likeness (QED) is 0.552. The van der Waals surface area contributed by atoms with E-state index in [2.05, 4.69) is 0 Å². The van der Waals surface area contributed by atoms with Gasteiger partial charge in [0.25, 0.3) is 5.91 Å². The number of methoxy groups -OCH3 is 2. The molecule has 3 aromatic carbocycles. The summed E-state index contributed by atoms with van der Waals surface area (Å²) >= 11 is 0. The minimum atomic E-state index is -1.03. The predicted molar refractivity (Wildman–Crippen MR) is 118 cm³/mol. The maximum atomic E-state index is 13.7. The number of imide groups is 1. The van der Waals surface area contributed by atoms with Gasteiger partial charge in [-0.1, -0.05) is 30.3 Å². The Kier molecular flexibility index (Phi) is 5.22. The number of ether oxygens (including phenoxy) is 2.